The highest BCUT2D eigenvalue weighted by molar-refractivity contribution is 6.02. The van der Waals surface area contributed by atoms with Crippen molar-refractivity contribution in [2.24, 2.45) is 0 Å². The predicted octanol–water partition coefficient (Wildman–Crippen LogP) is 2.63. The average molecular weight is 316 g/mol. The van der Waals surface area contributed by atoms with Crippen molar-refractivity contribution in [3.05, 3.63) is 34.5 Å². The molecule has 1 saturated heterocycles. The molecule has 1 aliphatic heterocycles. The molecule has 5 nitrogen and oxygen atoms in total. The van der Waals surface area contributed by atoms with Crippen molar-refractivity contribution in [3.63, 3.8) is 0 Å². The second-order valence-corrected chi connectivity index (χ2v) is 6.29. The summed E-state index contributed by atoms with van der Waals surface area (Å²) in [7, 11) is 1.65. The van der Waals surface area contributed by atoms with Gasteiger partial charge in [-0.15, -0.1) is 0 Å². The molecule has 0 bridgehead atoms. The molecule has 0 spiro atoms. The summed E-state index contributed by atoms with van der Waals surface area (Å²) in [5.41, 5.74) is 5.01. The first-order valence-corrected chi connectivity index (χ1v) is 8.02. The van der Waals surface area contributed by atoms with Gasteiger partial charge in [0, 0.05) is 24.6 Å². The van der Waals surface area contributed by atoms with E-state index in [-0.39, 0.29) is 18.1 Å². The Morgan fingerprint density at radius 1 is 1.30 bits per heavy atom. The van der Waals surface area contributed by atoms with E-state index in [1.807, 2.05) is 6.92 Å². The van der Waals surface area contributed by atoms with Crippen LogP contribution in [0.25, 0.3) is 10.9 Å². The minimum Gasteiger partial charge on any atom is -0.379 e. The lowest BCUT2D eigenvalue weighted by molar-refractivity contribution is -0.0479. The van der Waals surface area contributed by atoms with E-state index in [1.54, 1.807) is 7.11 Å². The number of carbonyl (C=O) groups is 1. The van der Waals surface area contributed by atoms with Gasteiger partial charge in [-0.05, 0) is 43.9 Å². The van der Waals surface area contributed by atoms with Gasteiger partial charge in [0.1, 0.15) is 11.8 Å². The van der Waals surface area contributed by atoms with E-state index in [0.29, 0.717) is 18.9 Å². The van der Waals surface area contributed by atoms with Crippen LogP contribution in [-0.2, 0) is 9.47 Å². The number of nitrogens with one attached hydrogen (secondary N) is 2. The molecule has 0 saturated carbocycles. The van der Waals surface area contributed by atoms with E-state index in [4.69, 9.17) is 9.47 Å². The second-order valence-electron chi connectivity index (χ2n) is 6.29. The molecule has 0 unspecified atom stereocenters. The zero-order valence-corrected chi connectivity index (χ0v) is 14.2. The van der Waals surface area contributed by atoms with Gasteiger partial charge in [-0.2, -0.15) is 0 Å². The molecule has 2 heterocycles. The molecule has 3 rings (SSSR count). The fourth-order valence-corrected chi connectivity index (χ4v) is 3.38. The minimum atomic E-state index is -0.0964. The Hall–Kier alpha value is -1.85. The fraction of sp³-hybridized carbons (Fsp3) is 0.500. The first-order valence-electron chi connectivity index (χ1n) is 8.02. The number of hydrogen-bond acceptors (Lipinski definition) is 3. The van der Waals surface area contributed by atoms with Crippen LogP contribution in [0.15, 0.2) is 12.1 Å². The van der Waals surface area contributed by atoms with Crippen LogP contribution >= 0.6 is 0 Å². The predicted molar refractivity (Wildman–Crippen MR) is 90.0 cm³/mol. The summed E-state index contributed by atoms with van der Waals surface area (Å²) in [5.74, 6) is -0.0774. The second kappa shape index (κ2) is 6.34. The number of carbonyl (C=O) groups excluding carboxylic acids is 1. The quantitative estimate of drug-likeness (QED) is 0.915. The lowest BCUT2D eigenvalue weighted by Gasteiger charge is -2.30. The van der Waals surface area contributed by atoms with Crippen molar-refractivity contribution in [3.8, 4) is 0 Å². The zero-order chi connectivity index (χ0) is 16.6. The molecule has 2 aromatic rings. The van der Waals surface area contributed by atoms with Gasteiger partial charge in [-0.3, -0.25) is 4.79 Å². The smallest absolute Gasteiger partial charge is 0.268 e. The number of benzene rings is 1. The molecule has 1 aromatic carbocycles. The van der Waals surface area contributed by atoms with E-state index in [0.717, 1.165) is 28.5 Å². The number of H-pyrrole nitrogens is 1. The third-order valence-electron chi connectivity index (χ3n) is 4.77. The Morgan fingerprint density at radius 2 is 2.04 bits per heavy atom. The number of methoxy groups -OCH3 is 1. The summed E-state index contributed by atoms with van der Waals surface area (Å²) < 4.78 is 10.8. The largest absolute Gasteiger partial charge is 0.379 e. The molecule has 1 aliphatic rings. The summed E-state index contributed by atoms with van der Waals surface area (Å²) in [6, 6.07) is 4.16. The molecule has 5 heteroatoms. The highest BCUT2D eigenvalue weighted by Crippen LogP contribution is 2.27. The van der Waals surface area contributed by atoms with Crippen LogP contribution in [0.4, 0.5) is 0 Å². The number of ether oxygens (including phenoxy) is 2. The molecule has 2 N–H and O–H groups in total. The van der Waals surface area contributed by atoms with Gasteiger partial charge in [0.25, 0.3) is 5.91 Å². The molecule has 124 valence electrons. The zero-order valence-electron chi connectivity index (χ0n) is 14.2. The van der Waals surface area contributed by atoms with E-state index in [9.17, 15) is 4.79 Å². The fourth-order valence-electron chi connectivity index (χ4n) is 3.38. The van der Waals surface area contributed by atoms with Crippen molar-refractivity contribution in [2.45, 2.75) is 39.3 Å². The van der Waals surface area contributed by atoms with Crippen molar-refractivity contribution < 1.29 is 14.3 Å². The maximum Gasteiger partial charge on any atom is 0.268 e. The monoisotopic (exact) mass is 316 g/mol. The Kier molecular flexibility index (Phi) is 4.41. The number of fused-ring (bicyclic) bond motifs is 1. The van der Waals surface area contributed by atoms with Crippen LogP contribution in [0.2, 0.25) is 0 Å². The van der Waals surface area contributed by atoms with Crippen LogP contribution < -0.4 is 5.32 Å². The van der Waals surface area contributed by atoms with Gasteiger partial charge in [-0.25, -0.2) is 0 Å². The maximum atomic E-state index is 12.7. The topological polar surface area (TPSA) is 63.4 Å². The lowest BCUT2D eigenvalue weighted by atomic mass is 10.0. The summed E-state index contributed by atoms with van der Waals surface area (Å²) in [4.78, 5) is 16.1. The van der Waals surface area contributed by atoms with E-state index in [2.05, 4.69) is 36.3 Å². The number of aromatic amines is 1. The van der Waals surface area contributed by atoms with E-state index < -0.39 is 0 Å². The number of hydrogen-bond donors (Lipinski definition) is 2. The Labute approximate surface area is 136 Å². The standard InChI is InChI=1S/C18H24N2O3/c1-10-5-6-11(2)16-15(10)12(3)17(20-16)18(21)19-13-7-8-23-9-14(13)22-4/h5-6,13-14,20H,7-9H2,1-4H3,(H,19,21)/t13-,14-/m1/s1. The van der Waals surface area contributed by atoms with Crippen LogP contribution in [0.3, 0.4) is 0 Å². The summed E-state index contributed by atoms with van der Waals surface area (Å²) in [6.45, 7) is 7.29. The van der Waals surface area contributed by atoms with Gasteiger partial charge in [-0.1, -0.05) is 12.1 Å². The van der Waals surface area contributed by atoms with Gasteiger partial charge in [0.05, 0.1) is 12.6 Å². The van der Waals surface area contributed by atoms with Crippen LogP contribution in [0.1, 0.15) is 33.6 Å². The van der Waals surface area contributed by atoms with Crippen LogP contribution in [0.5, 0.6) is 0 Å². The van der Waals surface area contributed by atoms with E-state index >= 15 is 0 Å². The van der Waals surface area contributed by atoms with Gasteiger partial charge < -0.3 is 19.8 Å². The molecule has 1 amide bonds. The molecule has 23 heavy (non-hydrogen) atoms. The molecular weight excluding hydrogens is 292 g/mol. The maximum absolute atomic E-state index is 12.7. The van der Waals surface area contributed by atoms with E-state index in [1.165, 1.54) is 5.56 Å². The van der Waals surface area contributed by atoms with Gasteiger partial charge in [0.15, 0.2) is 0 Å². The summed E-state index contributed by atoms with van der Waals surface area (Å²) in [5, 5.41) is 4.25. The third-order valence-corrected chi connectivity index (χ3v) is 4.77. The number of aryl methyl sites for hydroxylation is 3. The number of amides is 1. The van der Waals surface area contributed by atoms with Crippen molar-refractivity contribution in [2.75, 3.05) is 20.3 Å². The highest BCUT2D eigenvalue weighted by Gasteiger charge is 2.28. The number of rotatable bonds is 3. The Balaban J connectivity index is 1.91. The van der Waals surface area contributed by atoms with Crippen molar-refractivity contribution in [1.29, 1.82) is 0 Å². The molecule has 2 atom stereocenters. The highest BCUT2D eigenvalue weighted by atomic mass is 16.5. The first-order chi connectivity index (χ1) is 11.0. The minimum absolute atomic E-state index is 0.0192. The third kappa shape index (κ3) is 2.86. The molecule has 0 aliphatic carbocycles. The van der Waals surface area contributed by atoms with Crippen molar-refractivity contribution >= 4 is 16.8 Å². The normalized spacial score (nSPS) is 21.6. The van der Waals surface area contributed by atoms with Crippen LogP contribution in [-0.4, -0.2) is 43.4 Å². The summed E-state index contributed by atoms with van der Waals surface area (Å²) in [6.07, 6.45) is 0.669. The van der Waals surface area contributed by atoms with Gasteiger partial charge >= 0.3 is 0 Å². The summed E-state index contributed by atoms with van der Waals surface area (Å²) >= 11 is 0. The van der Waals surface area contributed by atoms with Gasteiger partial charge in [0.2, 0.25) is 0 Å². The number of aromatic nitrogens is 1. The van der Waals surface area contributed by atoms with Crippen molar-refractivity contribution in [1.82, 2.24) is 10.3 Å². The molecule has 0 radical (unpaired) electrons. The molecule has 1 aromatic heterocycles. The SMILES string of the molecule is CO[C@@H]1COCC[C@H]1NC(=O)c1[nH]c2c(C)ccc(C)c2c1C. The average Bonchev–Trinajstić information content (AvgIpc) is 2.90. The first kappa shape index (κ1) is 16.0. The Bertz CT molecular complexity index is 735. The Morgan fingerprint density at radius 3 is 2.74 bits per heavy atom. The molecular formula is C18H24N2O3. The molecule has 1 fully saturated rings. The van der Waals surface area contributed by atoms with Crippen LogP contribution in [0, 0.1) is 20.8 Å². The lowest BCUT2D eigenvalue weighted by Crippen LogP contribution is -2.49.